The molecule has 0 aliphatic carbocycles. The molecule has 0 unspecified atom stereocenters. The van der Waals surface area contributed by atoms with Gasteiger partial charge in [-0.3, -0.25) is 4.57 Å². The van der Waals surface area contributed by atoms with Crippen LogP contribution < -0.4 is 4.90 Å². The molecule has 3 aromatic heterocycles. The minimum Gasteiger partial charge on any atom is -0.456 e. The molecule has 300 valence electrons. The van der Waals surface area contributed by atoms with Crippen molar-refractivity contribution in [2.45, 2.75) is 38.5 Å². The van der Waals surface area contributed by atoms with Crippen molar-refractivity contribution < 1.29 is 4.42 Å². The molecule has 6 heteroatoms. The molecule has 13 rings (SSSR count). The fourth-order valence-corrected chi connectivity index (χ4v) is 10.5. The maximum atomic E-state index is 6.65. The molecule has 0 saturated heterocycles. The Kier molecular flexibility index (Phi) is 7.32. The molecular weight excluding hydrogens is 771 g/mol. The van der Waals surface area contributed by atoms with Gasteiger partial charge in [-0.2, -0.15) is 9.97 Å². The number of hydrogen-bond acceptors (Lipinski definition) is 5. The van der Waals surface area contributed by atoms with Gasteiger partial charge in [-0.25, -0.2) is 4.98 Å². The fraction of sp³-hybridized carbons (Fsp3) is 0.105. The normalized spacial score (nSPS) is 14.6. The van der Waals surface area contributed by atoms with Crippen LogP contribution in [0.25, 0.3) is 83.6 Å². The molecule has 63 heavy (non-hydrogen) atoms. The number of fused-ring (bicyclic) bond motifs is 10. The van der Waals surface area contributed by atoms with Crippen molar-refractivity contribution in [1.29, 1.82) is 0 Å². The lowest BCUT2D eigenvalue weighted by atomic mass is 9.65. The van der Waals surface area contributed by atoms with Crippen LogP contribution in [0.4, 0.5) is 17.1 Å². The monoisotopic (exact) mass is 811 g/mol. The average Bonchev–Trinajstić information content (AvgIpc) is 3.86. The molecule has 0 atom stereocenters. The standard InChI is InChI=1S/C57H41N5O/c1-56(2)42-30-40-38-24-14-16-26-46(38)62(55-59-53(35-20-10-6-11-21-35)58-54(60-55)36-22-12-7-13-23-36)47(40)32-48(42)61-49-33-51-41(39-25-15-17-27-50(39)63-51)31-43(49)57(3,4)45-29-37(28-44(56)52(45)61)34-18-8-5-9-19-34/h5-33H,1-4H3. The van der Waals surface area contributed by atoms with Gasteiger partial charge >= 0.3 is 0 Å². The summed E-state index contributed by atoms with van der Waals surface area (Å²) < 4.78 is 8.89. The van der Waals surface area contributed by atoms with Gasteiger partial charge in [0.05, 0.1) is 28.1 Å². The maximum Gasteiger partial charge on any atom is 0.238 e. The molecule has 0 N–H and O–H groups in total. The van der Waals surface area contributed by atoms with Crippen LogP contribution in [0, 0.1) is 0 Å². The first-order chi connectivity index (χ1) is 30.7. The van der Waals surface area contributed by atoms with Crippen LogP contribution in [0.2, 0.25) is 0 Å². The second-order valence-electron chi connectivity index (χ2n) is 18.1. The molecule has 0 spiro atoms. The summed E-state index contributed by atoms with van der Waals surface area (Å²) in [6.45, 7) is 9.57. The van der Waals surface area contributed by atoms with Crippen molar-refractivity contribution in [3.63, 3.8) is 0 Å². The molecular formula is C57H41N5O. The van der Waals surface area contributed by atoms with Crippen LogP contribution in [0.5, 0.6) is 0 Å². The Labute approximate surface area is 364 Å². The summed E-state index contributed by atoms with van der Waals surface area (Å²) in [5.74, 6) is 1.82. The van der Waals surface area contributed by atoms with Gasteiger partial charge in [-0.15, -0.1) is 0 Å². The first kappa shape index (κ1) is 35.9. The Morgan fingerprint density at radius 1 is 0.397 bits per heavy atom. The van der Waals surface area contributed by atoms with E-state index in [1.807, 2.05) is 42.5 Å². The van der Waals surface area contributed by atoms with E-state index in [-0.39, 0.29) is 10.8 Å². The van der Waals surface area contributed by atoms with Gasteiger partial charge in [0.2, 0.25) is 5.95 Å². The molecule has 0 amide bonds. The van der Waals surface area contributed by atoms with E-state index in [2.05, 4.69) is 171 Å². The minimum atomic E-state index is -0.372. The van der Waals surface area contributed by atoms with E-state index < -0.39 is 0 Å². The van der Waals surface area contributed by atoms with Gasteiger partial charge in [0.1, 0.15) is 11.2 Å². The van der Waals surface area contributed by atoms with E-state index in [9.17, 15) is 0 Å². The van der Waals surface area contributed by atoms with Gasteiger partial charge in [0.15, 0.2) is 11.6 Å². The first-order valence-electron chi connectivity index (χ1n) is 21.7. The molecule has 0 radical (unpaired) electrons. The minimum absolute atomic E-state index is 0.341. The van der Waals surface area contributed by atoms with Gasteiger partial charge in [-0.1, -0.05) is 155 Å². The van der Waals surface area contributed by atoms with Gasteiger partial charge in [-0.05, 0) is 75.8 Å². The average molecular weight is 812 g/mol. The molecule has 2 aliphatic rings. The predicted octanol–water partition coefficient (Wildman–Crippen LogP) is 14.6. The van der Waals surface area contributed by atoms with Crippen molar-refractivity contribution in [2.75, 3.05) is 4.90 Å². The van der Waals surface area contributed by atoms with E-state index in [0.29, 0.717) is 17.6 Å². The molecule has 8 aromatic carbocycles. The van der Waals surface area contributed by atoms with Gasteiger partial charge in [0, 0.05) is 49.6 Å². The van der Waals surface area contributed by atoms with E-state index in [1.165, 1.54) is 39.1 Å². The Balaban J connectivity index is 1.14. The number of aromatic nitrogens is 4. The van der Waals surface area contributed by atoms with E-state index in [4.69, 9.17) is 19.4 Å². The topological polar surface area (TPSA) is 60.0 Å². The van der Waals surface area contributed by atoms with Crippen LogP contribution in [0.15, 0.2) is 180 Å². The zero-order valence-electron chi connectivity index (χ0n) is 35.4. The second-order valence-corrected chi connectivity index (χ2v) is 18.1. The molecule has 2 aliphatic heterocycles. The van der Waals surface area contributed by atoms with E-state index >= 15 is 0 Å². The lowest BCUT2D eigenvalue weighted by Gasteiger charge is -2.49. The van der Waals surface area contributed by atoms with Crippen LogP contribution in [0.1, 0.15) is 49.9 Å². The largest absolute Gasteiger partial charge is 0.456 e. The highest BCUT2D eigenvalue weighted by Gasteiger charge is 2.46. The number of rotatable bonds is 4. The zero-order chi connectivity index (χ0) is 42.2. The zero-order valence-corrected chi connectivity index (χ0v) is 35.4. The number of anilines is 3. The van der Waals surface area contributed by atoms with Gasteiger partial charge < -0.3 is 9.32 Å². The highest BCUT2D eigenvalue weighted by atomic mass is 16.3. The van der Waals surface area contributed by atoms with E-state index in [0.717, 1.165) is 66.2 Å². The summed E-state index contributed by atoms with van der Waals surface area (Å²) in [4.78, 5) is 18.1. The van der Waals surface area contributed by atoms with Crippen LogP contribution in [-0.4, -0.2) is 19.5 Å². The summed E-state index contributed by atoms with van der Waals surface area (Å²) in [5.41, 5.74) is 16.0. The van der Waals surface area contributed by atoms with Crippen molar-refractivity contribution in [1.82, 2.24) is 19.5 Å². The second kappa shape index (κ2) is 12.8. The SMILES string of the molecule is CC1(C)c2cc3c(cc2N2c4cc5c(cc4C(C)(C)c4cc(-c6ccccc6)cc1c42)c1ccccc1n5-c1nc(-c2ccccc2)nc(-c2ccccc2)n1)oc1ccccc13. The number of furan rings is 1. The Bertz CT molecular complexity index is 3600. The molecule has 11 aromatic rings. The summed E-state index contributed by atoms with van der Waals surface area (Å²) in [5, 5.41) is 4.55. The van der Waals surface area contributed by atoms with Crippen molar-refractivity contribution in [3.05, 3.63) is 198 Å². The summed E-state index contributed by atoms with van der Waals surface area (Å²) in [6.07, 6.45) is 0. The predicted molar refractivity (Wildman–Crippen MR) is 257 cm³/mol. The van der Waals surface area contributed by atoms with Crippen LogP contribution >= 0.6 is 0 Å². The van der Waals surface area contributed by atoms with Crippen LogP contribution in [0.3, 0.4) is 0 Å². The molecule has 6 nitrogen and oxygen atoms in total. The summed E-state index contributed by atoms with van der Waals surface area (Å²) >= 11 is 0. The quantitative estimate of drug-likeness (QED) is 0.177. The Hall–Kier alpha value is -7.83. The lowest BCUT2D eigenvalue weighted by Crippen LogP contribution is -2.38. The third kappa shape index (κ3) is 5.09. The maximum absolute atomic E-state index is 6.65. The number of para-hydroxylation sites is 2. The smallest absolute Gasteiger partial charge is 0.238 e. The van der Waals surface area contributed by atoms with E-state index in [1.54, 1.807) is 0 Å². The molecule has 5 heterocycles. The Morgan fingerprint density at radius 3 is 1.56 bits per heavy atom. The number of benzene rings is 8. The third-order valence-corrected chi connectivity index (χ3v) is 13.8. The summed E-state index contributed by atoms with van der Waals surface area (Å²) in [6, 6.07) is 62.7. The highest BCUT2D eigenvalue weighted by molar-refractivity contribution is 6.13. The summed E-state index contributed by atoms with van der Waals surface area (Å²) in [7, 11) is 0. The number of nitrogens with zero attached hydrogens (tertiary/aromatic N) is 5. The molecule has 0 saturated carbocycles. The van der Waals surface area contributed by atoms with Crippen molar-refractivity contribution in [3.8, 4) is 39.9 Å². The lowest BCUT2D eigenvalue weighted by molar-refractivity contribution is 0.598. The first-order valence-corrected chi connectivity index (χ1v) is 21.7. The molecule has 0 bridgehead atoms. The van der Waals surface area contributed by atoms with Crippen molar-refractivity contribution in [2.24, 2.45) is 0 Å². The van der Waals surface area contributed by atoms with Crippen molar-refractivity contribution >= 4 is 60.8 Å². The molecule has 0 fully saturated rings. The third-order valence-electron chi connectivity index (χ3n) is 13.8. The van der Waals surface area contributed by atoms with Crippen LogP contribution in [-0.2, 0) is 10.8 Å². The fourth-order valence-electron chi connectivity index (χ4n) is 10.5. The number of hydrogen-bond donors (Lipinski definition) is 0. The van der Waals surface area contributed by atoms with Gasteiger partial charge in [0.25, 0.3) is 0 Å². The highest BCUT2D eigenvalue weighted by Crippen LogP contribution is 2.62. The Morgan fingerprint density at radius 2 is 0.921 bits per heavy atom.